The minimum Gasteiger partial charge on any atom is -0.314 e. The van der Waals surface area contributed by atoms with E-state index in [1.165, 1.54) is 0 Å². The molecule has 0 radical (unpaired) electrons. The van der Waals surface area contributed by atoms with Gasteiger partial charge in [-0.3, -0.25) is 14.9 Å². The summed E-state index contributed by atoms with van der Waals surface area (Å²) in [6.07, 6.45) is 5.34. The standard InChI is InChI=1S/C11H18N4/c1-9-7-13-5-6-15(9)10(2)11-8-12-3-4-14-11/h3-4,8-10,13H,5-7H2,1-2H3/t9-,10+/m1/s1. The topological polar surface area (TPSA) is 41.0 Å². The fourth-order valence-electron chi connectivity index (χ4n) is 2.13. The van der Waals surface area contributed by atoms with Crippen molar-refractivity contribution in [3.8, 4) is 0 Å². The number of nitrogens with one attached hydrogen (secondary N) is 1. The van der Waals surface area contributed by atoms with Crippen molar-refractivity contribution in [2.75, 3.05) is 19.6 Å². The van der Waals surface area contributed by atoms with Gasteiger partial charge in [-0.15, -0.1) is 0 Å². The highest BCUT2D eigenvalue weighted by Crippen LogP contribution is 2.20. The van der Waals surface area contributed by atoms with Crippen molar-refractivity contribution in [3.05, 3.63) is 24.3 Å². The predicted molar refractivity (Wildman–Crippen MR) is 59.5 cm³/mol. The lowest BCUT2D eigenvalue weighted by Crippen LogP contribution is -2.50. The molecule has 0 aromatic carbocycles. The minimum absolute atomic E-state index is 0.357. The Hall–Kier alpha value is -1.00. The average Bonchev–Trinajstić information content (AvgIpc) is 2.30. The number of hydrogen-bond acceptors (Lipinski definition) is 4. The largest absolute Gasteiger partial charge is 0.314 e. The van der Waals surface area contributed by atoms with Crippen LogP contribution in [-0.2, 0) is 0 Å². The maximum atomic E-state index is 4.36. The normalized spacial score (nSPS) is 25.1. The lowest BCUT2D eigenvalue weighted by molar-refractivity contribution is 0.123. The molecule has 1 aromatic rings. The third kappa shape index (κ3) is 2.33. The molecule has 1 aliphatic heterocycles. The van der Waals surface area contributed by atoms with Crippen molar-refractivity contribution in [2.45, 2.75) is 25.9 Å². The molecule has 4 nitrogen and oxygen atoms in total. The second-order valence-electron chi connectivity index (χ2n) is 4.10. The van der Waals surface area contributed by atoms with Gasteiger partial charge in [0, 0.05) is 44.3 Å². The van der Waals surface area contributed by atoms with Gasteiger partial charge in [-0.2, -0.15) is 0 Å². The first-order valence-corrected chi connectivity index (χ1v) is 5.51. The van der Waals surface area contributed by atoms with Crippen molar-refractivity contribution in [1.82, 2.24) is 20.2 Å². The third-order valence-corrected chi connectivity index (χ3v) is 3.06. The molecule has 1 N–H and O–H groups in total. The number of rotatable bonds is 2. The molecule has 1 fully saturated rings. The molecule has 4 heteroatoms. The van der Waals surface area contributed by atoms with Gasteiger partial charge in [0.1, 0.15) is 0 Å². The van der Waals surface area contributed by atoms with Crippen LogP contribution in [0.4, 0.5) is 0 Å². The van der Waals surface area contributed by atoms with E-state index in [1.54, 1.807) is 12.4 Å². The van der Waals surface area contributed by atoms with E-state index in [0.29, 0.717) is 12.1 Å². The van der Waals surface area contributed by atoms with Crippen LogP contribution in [0, 0.1) is 0 Å². The summed E-state index contributed by atoms with van der Waals surface area (Å²) < 4.78 is 0. The van der Waals surface area contributed by atoms with Crippen LogP contribution in [0.25, 0.3) is 0 Å². The molecule has 0 spiro atoms. The minimum atomic E-state index is 0.357. The monoisotopic (exact) mass is 206 g/mol. The van der Waals surface area contributed by atoms with E-state index in [0.717, 1.165) is 25.3 Å². The Labute approximate surface area is 90.7 Å². The molecule has 2 rings (SSSR count). The van der Waals surface area contributed by atoms with E-state index in [9.17, 15) is 0 Å². The summed E-state index contributed by atoms with van der Waals surface area (Å²) in [4.78, 5) is 11.0. The van der Waals surface area contributed by atoms with Crippen LogP contribution in [0.1, 0.15) is 25.6 Å². The van der Waals surface area contributed by atoms with Gasteiger partial charge in [0.05, 0.1) is 11.7 Å². The maximum absolute atomic E-state index is 4.36. The second kappa shape index (κ2) is 4.68. The predicted octanol–water partition coefficient (Wildman–Crippen LogP) is 0.831. The Kier molecular flexibility index (Phi) is 3.28. The molecule has 15 heavy (non-hydrogen) atoms. The smallest absolute Gasteiger partial charge is 0.0755 e. The van der Waals surface area contributed by atoms with Crippen molar-refractivity contribution in [2.24, 2.45) is 0 Å². The van der Waals surface area contributed by atoms with Crippen molar-refractivity contribution < 1.29 is 0 Å². The quantitative estimate of drug-likeness (QED) is 0.778. The second-order valence-corrected chi connectivity index (χ2v) is 4.10. The van der Waals surface area contributed by atoms with E-state index in [-0.39, 0.29) is 0 Å². The van der Waals surface area contributed by atoms with Gasteiger partial charge >= 0.3 is 0 Å². The van der Waals surface area contributed by atoms with Crippen LogP contribution in [0.15, 0.2) is 18.6 Å². The van der Waals surface area contributed by atoms with Gasteiger partial charge in [0.2, 0.25) is 0 Å². The number of hydrogen-bond donors (Lipinski definition) is 1. The van der Waals surface area contributed by atoms with Crippen molar-refractivity contribution in [1.29, 1.82) is 0 Å². The SMILES string of the molecule is C[C@@H]1CNCCN1[C@@H](C)c1cnccn1. The molecule has 0 saturated carbocycles. The summed E-state index contributed by atoms with van der Waals surface area (Å²) in [5.74, 6) is 0. The highest BCUT2D eigenvalue weighted by atomic mass is 15.2. The molecule has 0 unspecified atom stereocenters. The van der Waals surface area contributed by atoms with Gasteiger partial charge < -0.3 is 5.32 Å². The molecule has 0 bridgehead atoms. The van der Waals surface area contributed by atoms with Gasteiger partial charge in [0.25, 0.3) is 0 Å². The fourth-order valence-corrected chi connectivity index (χ4v) is 2.13. The van der Waals surface area contributed by atoms with Crippen LogP contribution in [0.3, 0.4) is 0 Å². The van der Waals surface area contributed by atoms with E-state index in [4.69, 9.17) is 0 Å². The summed E-state index contributed by atoms with van der Waals surface area (Å²) in [6.45, 7) is 7.66. The molecular weight excluding hydrogens is 188 g/mol. The molecule has 1 aromatic heterocycles. The van der Waals surface area contributed by atoms with Crippen LogP contribution in [-0.4, -0.2) is 40.5 Å². The average molecular weight is 206 g/mol. The maximum Gasteiger partial charge on any atom is 0.0755 e. The van der Waals surface area contributed by atoms with Gasteiger partial charge in [-0.1, -0.05) is 0 Å². The van der Waals surface area contributed by atoms with Gasteiger partial charge in [-0.05, 0) is 13.8 Å². The van der Waals surface area contributed by atoms with E-state index in [1.807, 2.05) is 6.20 Å². The van der Waals surface area contributed by atoms with E-state index in [2.05, 4.69) is 34.0 Å². The summed E-state index contributed by atoms with van der Waals surface area (Å²) in [7, 11) is 0. The number of piperazine rings is 1. The zero-order valence-corrected chi connectivity index (χ0v) is 9.35. The molecule has 0 amide bonds. The number of nitrogens with zero attached hydrogens (tertiary/aromatic N) is 3. The Balaban J connectivity index is 2.09. The molecule has 2 atom stereocenters. The first kappa shape index (κ1) is 10.5. The molecular formula is C11H18N4. The van der Waals surface area contributed by atoms with Gasteiger partial charge in [-0.25, -0.2) is 0 Å². The third-order valence-electron chi connectivity index (χ3n) is 3.06. The summed E-state index contributed by atoms with van der Waals surface area (Å²) in [5.41, 5.74) is 1.06. The van der Waals surface area contributed by atoms with Crippen LogP contribution in [0.2, 0.25) is 0 Å². The van der Waals surface area contributed by atoms with E-state index >= 15 is 0 Å². The molecule has 1 aliphatic rings. The van der Waals surface area contributed by atoms with E-state index < -0.39 is 0 Å². The lowest BCUT2D eigenvalue weighted by Gasteiger charge is -2.37. The van der Waals surface area contributed by atoms with Crippen molar-refractivity contribution >= 4 is 0 Å². The van der Waals surface area contributed by atoms with Gasteiger partial charge in [0.15, 0.2) is 0 Å². The lowest BCUT2D eigenvalue weighted by atomic mass is 10.1. The summed E-state index contributed by atoms with van der Waals surface area (Å²) in [5, 5.41) is 3.39. The molecule has 1 saturated heterocycles. The Morgan fingerprint density at radius 3 is 3.07 bits per heavy atom. The first-order valence-electron chi connectivity index (χ1n) is 5.51. The fraction of sp³-hybridized carbons (Fsp3) is 0.636. The van der Waals surface area contributed by atoms with Crippen LogP contribution < -0.4 is 5.32 Å². The van der Waals surface area contributed by atoms with Crippen molar-refractivity contribution in [3.63, 3.8) is 0 Å². The Morgan fingerprint density at radius 2 is 2.40 bits per heavy atom. The van der Waals surface area contributed by atoms with Crippen LogP contribution in [0.5, 0.6) is 0 Å². The highest BCUT2D eigenvalue weighted by molar-refractivity contribution is 5.02. The first-order chi connectivity index (χ1) is 7.29. The Morgan fingerprint density at radius 1 is 1.53 bits per heavy atom. The number of aromatic nitrogens is 2. The molecule has 2 heterocycles. The van der Waals surface area contributed by atoms with Crippen LogP contribution >= 0.6 is 0 Å². The summed E-state index contributed by atoms with van der Waals surface area (Å²) >= 11 is 0. The molecule has 0 aliphatic carbocycles. The highest BCUT2D eigenvalue weighted by Gasteiger charge is 2.24. The zero-order valence-electron chi connectivity index (χ0n) is 9.35. The summed E-state index contributed by atoms with van der Waals surface area (Å²) in [6, 6.07) is 0.923. The zero-order chi connectivity index (χ0) is 10.7. The molecule has 82 valence electrons. The Bertz CT molecular complexity index is 301.